The number of hydrogen-bond acceptors (Lipinski definition) is 2. The Labute approximate surface area is 115 Å². The van der Waals surface area contributed by atoms with Gasteiger partial charge in [0.2, 0.25) is 0 Å². The predicted molar refractivity (Wildman–Crippen MR) is 72.1 cm³/mol. The number of halogens is 2. The Kier molecular flexibility index (Phi) is 5.75. The molecule has 1 rings (SSSR count). The van der Waals surface area contributed by atoms with E-state index in [2.05, 4.69) is 15.9 Å². The molecular weight excluding hydrogens is 301 g/mol. The van der Waals surface area contributed by atoms with E-state index in [4.69, 9.17) is 4.74 Å². The van der Waals surface area contributed by atoms with Crippen molar-refractivity contribution in [1.82, 2.24) is 4.90 Å². The number of carbonyl (C=O) groups excluding carboxylic acids is 1. The smallest absolute Gasteiger partial charge is 0.256 e. The van der Waals surface area contributed by atoms with Crippen LogP contribution >= 0.6 is 15.9 Å². The van der Waals surface area contributed by atoms with Gasteiger partial charge in [0.1, 0.15) is 5.82 Å². The minimum absolute atomic E-state index is 0.0743. The average molecular weight is 318 g/mol. The van der Waals surface area contributed by atoms with E-state index in [1.807, 2.05) is 13.8 Å². The van der Waals surface area contributed by atoms with Crippen LogP contribution in [-0.4, -0.2) is 37.1 Å². The molecule has 1 aromatic carbocycles. The Balaban J connectivity index is 2.63. The van der Waals surface area contributed by atoms with E-state index in [0.717, 1.165) is 0 Å². The molecule has 0 unspecified atom stereocenters. The van der Waals surface area contributed by atoms with Crippen molar-refractivity contribution < 1.29 is 13.9 Å². The van der Waals surface area contributed by atoms with Gasteiger partial charge in [0.15, 0.2) is 0 Å². The first-order chi connectivity index (χ1) is 8.41. The fourth-order valence-corrected chi connectivity index (χ4v) is 1.73. The predicted octanol–water partition coefficient (Wildman–Crippen LogP) is 3.09. The standard InChI is InChI=1S/C13H17BrFNO2/c1-9(2)18-7-6-16(3)13(17)11-5-4-10(14)8-12(11)15/h4-5,8-9H,6-7H2,1-3H3. The van der Waals surface area contributed by atoms with Gasteiger partial charge >= 0.3 is 0 Å². The van der Waals surface area contributed by atoms with Crippen molar-refractivity contribution in [3.63, 3.8) is 0 Å². The molecule has 0 saturated heterocycles. The number of ether oxygens (including phenoxy) is 1. The molecule has 0 saturated carbocycles. The van der Waals surface area contributed by atoms with E-state index in [9.17, 15) is 9.18 Å². The lowest BCUT2D eigenvalue weighted by Gasteiger charge is -2.18. The SMILES string of the molecule is CC(C)OCCN(C)C(=O)c1ccc(Br)cc1F. The molecule has 3 nitrogen and oxygen atoms in total. The Morgan fingerprint density at radius 2 is 2.17 bits per heavy atom. The van der Waals surface area contributed by atoms with E-state index in [-0.39, 0.29) is 17.6 Å². The number of benzene rings is 1. The molecule has 100 valence electrons. The third kappa shape index (κ3) is 4.38. The molecule has 0 fully saturated rings. The lowest BCUT2D eigenvalue weighted by molar-refractivity contribution is 0.0529. The molecule has 0 radical (unpaired) electrons. The molecule has 5 heteroatoms. The lowest BCUT2D eigenvalue weighted by atomic mass is 10.2. The third-order valence-corrected chi connectivity index (χ3v) is 2.88. The zero-order valence-corrected chi connectivity index (χ0v) is 12.3. The summed E-state index contributed by atoms with van der Waals surface area (Å²) in [5.41, 5.74) is 0.0743. The minimum Gasteiger partial charge on any atom is -0.377 e. The van der Waals surface area contributed by atoms with E-state index >= 15 is 0 Å². The van der Waals surface area contributed by atoms with Crippen LogP contribution in [0.1, 0.15) is 24.2 Å². The second kappa shape index (κ2) is 6.85. The van der Waals surface area contributed by atoms with Crippen LogP contribution in [0.25, 0.3) is 0 Å². The summed E-state index contributed by atoms with van der Waals surface area (Å²) >= 11 is 3.16. The van der Waals surface area contributed by atoms with E-state index in [1.54, 1.807) is 13.1 Å². The summed E-state index contributed by atoms with van der Waals surface area (Å²) in [6.07, 6.45) is 0.123. The summed E-state index contributed by atoms with van der Waals surface area (Å²) in [7, 11) is 1.63. The quantitative estimate of drug-likeness (QED) is 0.835. The second-order valence-corrected chi connectivity index (χ2v) is 5.19. The first kappa shape index (κ1) is 15.1. The monoisotopic (exact) mass is 317 g/mol. The van der Waals surface area contributed by atoms with Crippen LogP contribution in [-0.2, 0) is 4.74 Å². The highest BCUT2D eigenvalue weighted by Gasteiger charge is 2.16. The number of rotatable bonds is 5. The zero-order chi connectivity index (χ0) is 13.7. The van der Waals surface area contributed by atoms with Crippen molar-refractivity contribution in [3.05, 3.63) is 34.1 Å². The van der Waals surface area contributed by atoms with Gasteiger partial charge in [-0.15, -0.1) is 0 Å². The van der Waals surface area contributed by atoms with Crippen molar-refractivity contribution in [2.24, 2.45) is 0 Å². The minimum atomic E-state index is -0.522. The molecule has 1 amide bonds. The Bertz CT molecular complexity index is 423. The third-order valence-electron chi connectivity index (χ3n) is 2.39. The van der Waals surface area contributed by atoms with Gasteiger partial charge in [-0.25, -0.2) is 4.39 Å². The Hall–Kier alpha value is -0.940. The van der Waals surface area contributed by atoms with Crippen LogP contribution in [0.4, 0.5) is 4.39 Å². The van der Waals surface area contributed by atoms with Gasteiger partial charge in [-0.1, -0.05) is 15.9 Å². The van der Waals surface area contributed by atoms with E-state index in [1.165, 1.54) is 17.0 Å². The molecule has 0 aliphatic rings. The molecular formula is C13H17BrFNO2. The maximum absolute atomic E-state index is 13.6. The van der Waals surface area contributed by atoms with E-state index < -0.39 is 5.82 Å². The van der Waals surface area contributed by atoms with Gasteiger partial charge in [-0.3, -0.25) is 4.79 Å². The Morgan fingerprint density at radius 1 is 1.50 bits per heavy atom. The molecule has 0 aromatic heterocycles. The second-order valence-electron chi connectivity index (χ2n) is 4.27. The molecule has 0 atom stereocenters. The summed E-state index contributed by atoms with van der Waals surface area (Å²) in [5, 5.41) is 0. The highest BCUT2D eigenvalue weighted by Crippen LogP contribution is 2.16. The highest BCUT2D eigenvalue weighted by molar-refractivity contribution is 9.10. The van der Waals surface area contributed by atoms with Gasteiger partial charge in [0.05, 0.1) is 18.3 Å². The molecule has 0 N–H and O–H groups in total. The maximum atomic E-state index is 13.6. The van der Waals surface area contributed by atoms with E-state index in [0.29, 0.717) is 17.6 Å². The van der Waals surface area contributed by atoms with Gasteiger partial charge in [0.25, 0.3) is 5.91 Å². The number of amides is 1. The number of carbonyl (C=O) groups is 1. The van der Waals surface area contributed by atoms with Crippen LogP contribution in [0.15, 0.2) is 22.7 Å². The lowest BCUT2D eigenvalue weighted by Crippen LogP contribution is -2.31. The number of likely N-dealkylation sites (N-methyl/N-ethyl adjacent to an activating group) is 1. The summed E-state index contributed by atoms with van der Waals surface area (Å²) in [6, 6.07) is 4.40. The van der Waals surface area contributed by atoms with Crippen LogP contribution in [0.2, 0.25) is 0 Å². The Morgan fingerprint density at radius 3 is 2.72 bits per heavy atom. The van der Waals surface area contributed by atoms with Crippen molar-refractivity contribution in [2.75, 3.05) is 20.2 Å². The fourth-order valence-electron chi connectivity index (χ4n) is 1.40. The van der Waals surface area contributed by atoms with Gasteiger partial charge in [-0.05, 0) is 32.0 Å². The molecule has 0 aliphatic heterocycles. The summed E-state index contributed by atoms with van der Waals surface area (Å²) < 4.78 is 19.6. The van der Waals surface area contributed by atoms with Crippen LogP contribution in [0.3, 0.4) is 0 Å². The molecule has 0 aliphatic carbocycles. The molecule has 1 aromatic rings. The highest BCUT2D eigenvalue weighted by atomic mass is 79.9. The van der Waals surface area contributed by atoms with Gasteiger partial charge in [-0.2, -0.15) is 0 Å². The normalized spacial score (nSPS) is 10.8. The van der Waals surface area contributed by atoms with Crippen LogP contribution in [0.5, 0.6) is 0 Å². The average Bonchev–Trinajstić information content (AvgIpc) is 2.27. The van der Waals surface area contributed by atoms with Gasteiger partial charge in [0, 0.05) is 18.1 Å². The van der Waals surface area contributed by atoms with Crippen molar-refractivity contribution in [2.45, 2.75) is 20.0 Å². The van der Waals surface area contributed by atoms with Crippen molar-refractivity contribution >= 4 is 21.8 Å². The molecule has 0 heterocycles. The summed E-state index contributed by atoms with van der Waals surface area (Å²) in [6.45, 7) is 4.73. The van der Waals surface area contributed by atoms with Crippen LogP contribution in [0, 0.1) is 5.82 Å². The summed E-state index contributed by atoms with van der Waals surface area (Å²) in [4.78, 5) is 13.4. The number of nitrogens with zero attached hydrogens (tertiary/aromatic N) is 1. The van der Waals surface area contributed by atoms with Crippen molar-refractivity contribution in [3.8, 4) is 0 Å². The van der Waals surface area contributed by atoms with Crippen LogP contribution < -0.4 is 0 Å². The summed E-state index contributed by atoms with van der Waals surface area (Å²) in [5.74, 6) is -0.863. The molecule has 18 heavy (non-hydrogen) atoms. The van der Waals surface area contributed by atoms with Gasteiger partial charge < -0.3 is 9.64 Å². The largest absolute Gasteiger partial charge is 0.377 e. The number of hydrogen-bond donors (Lipinski definition) is 0. The van der Waals surface area contributed by atoms with Crippen molar-refractivity contribution in [1.29, 1.82) is 0 Å². The topological polar surface area (TPSA) is 29.5 Å². The zero-order valence-electron chi connectivity index (χ0n) is 10.7. The molecule has 0 bridgehead atoms. The molecule has 0 spiro atoms. The fraction of sp³-hybridized carbons (Fsp3) is 0.462. The first-order valence-electron chi connectivity index (χ1n) is 5.74. The maximum Gasteiger partial charge on any atom is 0.256 e. The first-order valence-corrected chi connectivity index (χ1v) is 6.53.